The first-order valence-electron chi connectivity index (χ1n) is 11.5. The van der Waals surface area contributed by atoms with Crippen LogP contribution in [0, 0.1) is 0 Å². The number of rotatable bonds is 7. The van der Waals surface area contributed by atoms with Gasteiger partial charge < -0.3 is 14.4 Å². The molecule has 1 aliphatic heterocycles. The van der Waals surface area contributed by atoms with Crippen molar-refractivity contribution >= 4 is 21.7 Å². The molecule has 2 fully saturated rings. The molecule has 0 N–H and O–H groups in total. The number of amides is 1. The second kappa shape index (κ2) is 10.2. The number of esters is 1. The Bertz CT molecular complexity index is 897. The van der Waals surface area contributed by atoms with Crippen LogP contribution >= 0.6 is 0 Å². The third kappa shape index (κ3) is 6.70. The zero-order valence-corrected chi connectivity index (χ0v) is 20.2. The van der Waals surface area contributed by atoms with Crippen LogP contribution in [0.5, 0.6) is 5.75 Å². The van der Waals surface area contributed by atoms with Crippen molar-refractivity contribution in [2.24, 2.45) is 0 Å². The van der Waals surface area contributed by atoms with E-state index in [1.165, 1.54) is 0 Å². The van der Waals surface area contributed by atoms with E-state index in [-0.39, 0.29) is 41.5 Å². The van der Waals surface area contributed by atoms with Gasteiger partial charge in [0.25, 0.3) is 5.91 Å². The molecule has 0 spiro atoms. The Labute approximate surface area is 191 Å². The molecule has 178 valence electrons. The number of ether oxygens (including phenoxy) is 2. The zero-order valence-electron chi connectivity index (χ0n) is 19.3. The molecule has 0 bridgehead atoms. The van der Waals surface area contributed by atoms with E-state index >= 15 is 0 Å². The van der Waals surface area contributed by atoms with Crippen LogP contribution in [0.1, 0.15) is 64.9 Å². The van der Waals surface area contributed by atoms with Gasteiger partial charge in [0.2, 0.25) is 0 Å². The summed E-state index contributed by atoms with van der Waals surface area (Å²) in [7, 11) is -3.12. The summed E-state index contributed by atoms with van der Waals surface area (Å²) in [5.41, 5.74) is 1.19. The highest BCUT2D eigenvalue weighted by Crippen LogP contribution is 2.28. The van der Waals surface area contributed by atoms with Gasteiger partial charge >= 0.3 is 5.97 Å². The number of benzene rings is 1. The van der Waals surface area contributed by atoms with Crippen LogP contribution in [0.3, 0.4) is 0 Å². The number of carbonyl (C=O) groups excluding carboxylic acids is 2. The maximum atomic E-state index is 13.0. The highest BCUT2D eigenvalue weighted by Gasteiger charge is 2.38. The molecule has 2 aliphatic rings. The Morgan fingerprint density at radius 2 is 1.62 bits per heavy atom. The lowest BCUT2D eigenvalue weighted by molar-refractivity contribution is -0.155. The first kappa shape index (κ1) is 24.6. The van der Waals surface area contributed by atoms with Gasteiger partial charge in [-0.3, -0.25) is 4.79 Å². The second-order valence-corrected chi connectivity index (χ2v) is 12.1. The molecule has 8 heteroatoms. The predicted octanol–water partition coefficient (Wildman–Crippen LogP) is 3.25. The molecular weight excluding hydrogens is 430 g/mol. The van der Waals surface area contributed by atoms with Gasteiger partial charge in [0, 0.05) is 12.1 Å². The average molecular weight is 466 g/mol. The van der Waals surface area contributed by atoms with Gasteiger partial charge in [0.05, 0.1) is 11.5 Å². The molecule has 0 radical (unpaired) electrons. The minimum absolute atomic E-state index is 0.00312. The molecule has 0 unspecified atom stereocenters. The maximum absolute atomic E-state index is 13.0. The van der Waals surface area contributed by atoms with E-state index < -0.39 is 22.4 Å². The molecule has 1 saturated heterocycles. The van der Waals surface area contributed by atoms with Gasteiger partial charge in [-0.2, -0.15) is 0 Å². The van der Waals surface area contributed by atoms with Gasteiger partial charge in [-0.1, -0.05) is 52.2 Å². The highest BCUT2D eigenvalue weighted by atomic mass is 32.2. The van der Waals surface area contributed by atoms with Crippen molar-refractivity contribution < 1.29 is 27.5 Å². The van der Waals surface area contributed by atoms with Crippen molar-refractivity contribution in [1.82, 2.24) is 4.90 Å². The molecule has 1 amide bonds. The van der Waals surface area contributed by atoms with Crippen molar-refractivity contribution in [3.8, 4) is 5.75 Å². The van der Waals surface area contributed by atoms with Crippen LogP contribution in [0.15, 0.2) is 24.3 Å². The number of sulfone groups is 1. The zero-order chi connectivity index (χ0) is 23.4. The van der Waals surface area contributed by atoms with Crippen LogP contribution < -0.4 is 4.74 Å². The van der Waals surface area contributed by atoms with E-state index in [0.717, 1.165) is 37.7 Å². The lowest BCUT2D eigenvalue weighted by Crippen LogP contribution is -2.50. The molecule has 1 heterocycles. The highest BCUT2D eigenvalue weighted by molar-refractivity contribution is 7.91. The molecule has 32 heavy (non-hydrogen) atoms. The Balaban J connectivity index is 1.53. The van der Waals surface area contributed by atoms with Crippen LogP contribution in [0.2, 0.25) is 0 Å². The maximum Gasteiger partial charge on any atom is 0.344 e. The van der Waals surface area contributed by atoms with Crippen molar-refractivity contribution in [3.05, 3.63) is 29.8 Å². The minimum atomic E-state index is -3.12. The van der Waals surface area contributed by atoms with E-state index in [4.69, 9.17) is 9.47 Å². The number of nitrogens with zero attached hydrogens (tertiary/aromatic N) is 1. The molecule has 1 atom stereocenters. The van der Waals surface area contributed by atoms with Crippen molar-refractivity contribution in [1.29, 1.82) is 0 Å². The topological polar surface area (TPSA) is 90.0 Å². The predicted molar refractivity (Wildman–Crippen MR) is 122 cm³/mol. The molecule has 7 nitrogen and oxygen atoms in total. The fraction of sp³-hybridized carbons (Fsp3) is 0.667. The fourth-order valence-electron chi connectivity index (χ4n) is 4.51. The molecule has 1 aromatic rings. The molecular formula is C24H35NO6S. The van der Waals surface area contributed by atoms with Gasteiger partial charge in [-0.05, 0) is 42.4 Å². The molecule has 3 rings (SSSR count). The Morgan fingerprint density at radius 3 is 2.19 bits per heavy atom. The van der Waals surface area contributed by atoms with E-state index in [9.17, 15) is 18.0 Å². The summed E-state index contributed by atoms with van der Waals surface area (Å²) in [6.45, 7) is 5.68. The van der Waals surface area contributed by atoms with Crippen LogP contribution in [-0.4, -0.2) is 62.0 Å². The largest absolute Gasteiger partial charge is 0.482 e. The van der Waals surface area contributed by atoms with E-state index in [0.29, 0.717) is 12.2 Å². The average Bonchev–Trinajstić information content (AvgIpc) is 3.10. The number of hydrogen-bond donors (Lipinski definition) is 0. The molecule has 0 aromatic heterocycles. The molecule has 1 saturated carbocycles. The Hall–Kier alpha value is -2.09. The first-order valence-corrected chi connectivity index (χ1v) is 13.3. The number of carbonyl (C=O) groups is 2. The molecule has 1 aliphatic carbocycles. The SMILES string of the molecule is CC(C)(C)c1ccc(OCC(=O)OCC(=O)N(C2CCCCC2)[C@@H]2CCS(=O)(=O)C2)cc1. The van der Waals surface area contributed by atoms with Crippen LogP contribution in [-0.2, 0) is 29.6 Å². The first-order chi connectivity index (χ1) is 15.0. The third-order valence-electron chi connectivity index (χ3n) is 6.29. The summed E-state index contributed by atoms with van der Waals surface area (Å²) in [5.74, 6) is -0.281. The van der Waals surface area contributed by atoms with Crippen molar-refractivity contribution in [3.63, 3.8) is 0 Å². The summed E-state index contributed by atoms with van der Waals surface area (Å²) in [4.78, 5) is 26.8. The van der Waals surface area contributed by atoms with Crippen molar-refractivity contribution in [2.45, 2.75) is 76.8 Å². The summed E-state index contributed by atoms with van der Waals surface area (Å²) in [5, 5.41) is 0. The smallest absolute Gasteiger partial charge is 0.344 e. The van der Waals surface area contributed by atoms with Gasteiger partial charge in [0.1, 0.15) is 5.75 Å². The van der Waals surface area contributed by atoms with Gasteiger partial charge in [0.15, 0.2) is 23.1 Å². The monoisotopic (exact) mass is 465 g/mol. The van der Waals surface area contributed by atoms with Gasteiger partial charge in [-0.15, -0.1) is 0 Å². The fourth-order valence-corrected chi connectivity index (χ4v) is 6.22. The van der Waals surface area contributed by atoms with E-state index in [1.807, 2.05) is 24.3 Å². The number of hydrogen-bond acceptors (Lipinski definition) is 6. The minimum Gasteiger partial charge on any atom is -0.482 e. The summed E-state index contributed by atoms with van der Waals surface area (Å²) in [6, 6.07) is 7.23. The normalized spacial score (nSPS) is 21.2. The standard InChI is InChI=1S/C24H35NO6S/c1-24(2,3)18-9-11-21(12-10-18)30-16-23(27)31-15-22(26)25(19-7-5-4-6-8-19)20-13-14-32(28,29)17-20/h9-12,19-20H,4-8,13-17H2,1-3H3/t20-/m1/s1. The Kier molecular flexibility index (Phi) is 7.85. The molecule has 1 aromatic carbocycles. The summed E-state index contributed by atoms with van der Waals surface area (Å²) in [6.07, 6.45) is 5.36. The summed E-state index contributed by atoms with van der Waals surface area (Å²) >= 11 is 0. The van der Waals surface area contributed by atoms with E-state index in [2.05, 4.69) is 20.8 Å². The quantitative estimate of drug-likeness (QED) is 0.574. The second-order valence-electron chi connectivity index (χ2n) is 9.87. The lowest BCUT2D eigenvalue weighted by Gasteiger charge is -2.38. The van der Waals surface area contributed by atoms with E-state index in [1.54, 1.807) is 4.90 Å². The lowest BCUT2D eigenvalue weighted by atomic mass is 9.87. The van der Waals surface area contributed by atoms with Crippen LogP contribution in [0.25, 0.3) is 0 Å². The third-order valence-corrected chi connectivity index (χ3v) is 8.04. The summed E-state index contributed by atoms with van der Waals surface area (Å²) < 4.78 is 34.6. The van der Waals surface area contributed by atoms with Crippen LogP contribution in [0.4, 0.5) is 0 Å². The van der Waals surface area contributed by atoms with Crippen molar-refractivity contribution in [2.75, 3.05) is 24.7 Å². The Morgan fingerprint density at radius 1 is 0.969 bits per heavy atom. The van der Waals surface area contributed by atoms with Gasteiger partial charge in [-0.25, -0.2) is 13.2 Å².